The molecule has 0 spiro atoms. The Kier molecular flexibility index (Phi) is 4.02. The Hall–Kier alpha value is -1.06. The van der Waals surface area contributed by atoms with Crippen LogP contribution in [0.3, 0.4) is 0 Å². The Labute approximate surface area is 112 Å². The van der Waals surface area contributed by atoms with Crippen LogP contribution in [0.15, 0.2) is 46.9 Å². The van der Waals surface area contributed by atoms with E-state index >= 15 is 0 Å². The zero-order chi connectivity index (χ0) is 12.3. The van der Waals surface area contributed by atoms with Gasteiger partial charge in [0.1, 0.15) is 18.2 Å². The van der Waals surface area contributed by atoms with Crippen LogP contribution in [0.4, 0.5) is 4.39 Å². The second-order valence-electron chi connectivity index (χ2n) is 3.49. The Bertz CT molecular complexity index is 513. The van der Waals surface area contributed by atoms with Gasteiger partial charge in [-0.2, -0.15) is 0 Å². The first-order valence-corrected chi connectivity index (χ1v) is 6.14. The monoisotopic (exact) mass is 314 g/mol. The Morgan fingerprint density at radius 3 is 2.47 bits per heavy atom. The fourth-order valence-corrected chi connectivity index (χ4v) is 1.88. The lowest BCUT2D eigenvalue weighted by atomic mass is 10.2. The first-order chi connectivity index (χ1) is 8.15. The van der Waals surface area contributed by atoms with Gasteiger partial charge in [0.25, 0.3) is 0 Å². The summed E-state index contributed by atoms with van der Waals surface area (Å²) in [6, 6.07) is 11.9. The number of ether oxygens (including phenoxy) is 1. The van der Waals surface area contributed by atoms with Gasteiger partial charge < -0.3 is 4.74 Å². The van der Waals surface area contributed by atoms with Gasteiger partial charge in [-0.3, -0.25) is 0 Å². The number of hydrogen-bond donors (Lipinski definition) is 0. The van der Waals surface area contributed by atoms with Crippen molar-refractivity contribution in [3.05, 3.63) is 63.3 Å². The molecule has 0 amide bonds. The molecule has 1 nitrogen and oxygen atoms in total. The van der Waals surface area contributed by atoms with Crippen LogP contribution in [0.1, 0.15) is 5.56 Å². The molecule has 88 valence electrons. The van der Waals surface area contributed by atoms with Gasteiger partial charge in [0, 0.05) is 5.02 Å². The van der Waals surface area contributed by atoms with E-state index in [1.54, 1.807) is 36.4 Å². The highest BCUT2D eigenvalue weighted by Crippen LogP contribution is 2.20. The normalized spacial score (nSPS) is 10.3. The molecule has 0 aliphatic heterocycles. The molecular weight excluding hydrogens is 306 g/mol. The van der Waals surface area contributed by atoms with Crippen molar-refractivity contribution in [3.63, 3.8) is 0 Å². The number of rotatable bonds is 3. The molecule has 0 saturated carbocycles. The molecule has 0 aliphatic rings. The predicted molar refractivity (Wildman–Crippen MR) is 69.9 cm³/mol. The smallest absolute Gasteiger partial charge is 0.137 e. The van der Waals surface area contributed by atoms with Gasteiger partial charge in [0.05, 0.1) is 4.47 Å². The van der Waals surface area contributed by atoms with Crippen LogP contribution in [0, 0.1) is 5.82 Å². The summed E-state index contributed by atoms with van der Waals surface area (Å²) in [6.45, 7) is 0.389. The highest BCUT2D eigenvalue weighted by molar-refractivity contribution is 9.10. The lowest BCUT2D eigenvalue weighted by Gasteiger charge is -2.06. The van der Waals surface area contributed by atoms with Gasteiger partial charge in [-0.05, 0) is 57.9 Å². The van der Waals surface area contributed by atoms with Crippen molar-refractivity contribution in [2.24, 2.45) is 0 Å². The summed E-state index contributed by atoms with van der Waals surface area (Å²) in [4.78, 5) is 0. The SMILES string of the molecule is Fc1ccc(COc2ccc(Cl)cc2)cc1Br. The molecule has 0 radical (unpaired) electrons. The van der Waals surface area contributed by atoms with Crippen molar-refractivity contribution in [3.8, 4) is 5.75 Å². The largest absolute Gasteiger partial charge is 0.489 e. The van der Waals surface area contributed by atoms with Crippen LogP contribution in [0.25, 0.3) is 0 Å². The average Bonchev–Trinajstić information content (AvgIpc) is 2.33. The maximum atomic E-state index is 13.0. The lowest BCUT2D eigenvalue weighted by Crippen LogP contribution is -1.95. The fourth-order valence-electron chi connectivity index (χ4n) is 1.33. The predicted octanol–water partition coefficient (Wildman–Crippen LogP) is 4.82. The molecule has 0 N–H and O–H groups in total. The third-order valence-corrected chi connectivity index (χ3v) is 3.06. The molecule has 2 aromatic rings. The van der Waals surface area contributed by atoms with Crippen molar-refractivity contribution in [2.75, 3.05) is 0 Å². The molecule has 0 fully saturated rings. The standard InChI is InChI=1S/C13H9BrClFO/c14-12-7-9(1-6-13(12)16)8-17-11-4-2-10(15)3-5-11/h1-7H,8H2. The number of halogens is 3. The average molecular weight is 316 g/mol. The number of hydrogen-bond acceptors (Lipinski definition) is 1. The highest BCUT2D eigenvalue weighted by atomic mass is 79.9. The highest BCUT2D eigenvalue weighted by Gasteiger charge is 2.01. The van der Waals surface area contributed by atoms with Gasteiger partial charge in [-0.25, -0.2) is 4.39 Å². The summed E-state index contributed by atoms with van der Waals surface area (Å²) in [5, 5.41) is 0.668. The summed E-state index contributed by atoms with van der Waals surface area (Å²) in [7, 11) is 0. The second-order valence-corrected chi connectivity index (χ2v) is 4.78. The zero-order valence-electron chi connectivity index (χ0n) is 8.79. The fraction of sp³-hybridized carbons (Fsp3) is 0.0769. The Morgan fingerprint density at radius 1 is 1.12 bits per heavy atom. The van der Waals surface area contributed by atoms with E-state index < -0.39 is 0 Å². The molecule has 2 aromatic carbocycles. The van der Waals surface area contributed by atoms with Crippen LogP contribution >= 0.6 is 27.5 Å². The van der Waals surface area contributed by atoms with E-state index in [4.69, 9.17) is 16.3 Å². The number of benzene rings is 2. The van der Waals surface area contributed by atoms with E-state index in [0.717, 1.165) is 11.3 Å². The quantitative estimate of drug-likeness (QED) is 0.789. The summed E-state index contributed by atoms with van der Waals surface area (Å²) in [5.74, 6) is 0.454. The van der Waals surface area contributed by atoms with Crippen molar-refractivity contribution in [2.45, 2.75) is 6.61 Å². The molecular formula is C13H9BrClFO. The summed E-state index contributed by atoms with van der Waals surface area (Å²) in [5.41, 5.74) is 0.897. The van der Waals surface area contributed by atoms with Crippen LogP contribution in [-0.2, 0) is 6.61 Å². The lowest BCUT2D eigenvalue weighted by molar-refractivity contribution is 0.306. The molecule has 17 heavy (non-hydrogen) atoms. The van der Waals surface area contributed by atoms with Crippen LogP contribution in [0.2, 0.25) is 5.02 Å². The van der Waals surface area contributed by atoms with Crippen molar-refractivity contribution >= 4 is 27.5 Å². The Balaban J connectivity index is 2.02. The van der Waals surface area contributed by atoms with Crippen molar-refractivity contribution < 1.29 is 9.13 Å². The minimum Gasteiger partial charge on any atom is -0.489 e. The second kappa shape index (κ2) is 5.52. The zero-order valence-corrected chi connectivity index (χ0v) is 11.1. The summed E-state index contributed by atoms with van der Waals surface area (Å²) >= 11 is 8.90. The van der Waals surface area contributed by atoms with Gasteiger partial charge in [0.2, 0.25) is 0 Å². The van der Waals surface area contributed by atoms with E-state index in [-0.39, 0.29) is 5.82 Å². The van der Waals surface area contributed by atoms with E-state index in [1.807, 2.05) is 0 Å². The van der Waals surface area contributed by atoms with E-state index in [2.05, 4.69) is 15.9 Å². The van der Waals surface area contributed by atoms with Crippen LogP contribution < -0.4 is 4.74 Å². The minimum absolute atomic E-state index is 0.278. The molecule has 0 atom stereocenters. The van der Waals surface area contributed by atoms with Gasteiger partial charge in [0.15, 0.2) is 0 Å². The molecule has 0 heterocycles. The van der Waals surface area contributed by atoms with E-state index in [0.29, 0.717) is 16.1 Å². The van der Waals surface area contributed by atoms with Gasteiger partial charge in [-0.1, -0.05) is 17.7 Å². The minimum atomic E-state index is -0.278. The van der Waals surface area contributed by atoms with Crippen molar-refractivity contribution in [1.29, 1.82) is 0 Å². The molecule has 0 unspecified atom stereocenters. The van der Waals surface area contributed by atoms with E-state index in [9.17, 15) is 4.39 Å². The Morgan fingerprint density at radius 2 is 1.82 bits per heavy atom. The van der Waals surface area contributed by atoms with Crippen LogP contribution in [0.5, 0.6) is 5.75 Å². The third kappa shape index (κ3) is 3.45. The maximum Gasteiger partial charge on any atom is 0.137 e. The first-order valence-electron chi connectivity index (χ1n) is 4.97. The van der Waals surface area contributed by atoms with E-state index in [1.165, 1.54) is 6.07 Å². The van der Waals surface area contributed by atoms with Gasteiger partial charge in [-0.15, -0.1) is 0 Å². The van der Waals surface area contributed by atoms with Gasteiger partial charge >= 0.3 is 0 Å². The summed E-state index contributed by atoms with van der Waals surface area (Å²) < 4.78 is 19.0. The molecule has 0 saturated heterocycles. The molecule has 0 aromatic heterocycles. The topological polar surface area (TPSA) is 9.23 Å². The molecule has 2 rings (SSSR count). The first kappa shape index (κ1) is 12.4. The maximum absolute atomic E-state index is 13.0. The molecule has 0 bridgehead atoms. The summed E-state index contributed by atoms with van der Waals surface area (Å²) in [6.07, 6.45) is 0. The molecule has 4 heteroatoms. The van der Waals surface area contributed by atoms with Crippen LogP contribution in [-0.4, -0.2) is 0 Å². The third-order valence-electron chi connectivity index (χ3n) is 2.20. The molecule has 0 aliphatic carbocycles. The van der Waals surface area contributed by atoms with Crippen molar-refractivity contribution in [1.82, 2.24) is 0 Å².